The number of aliphatic hydroxyl groups is 1. The first-order valence-corrected chi connectivity index (χ1v) is 6.39. The summed E-state index contributed by atoms with van der Waals surface area (Å²) in [7, 11) is 0. The van der Waals surface area contributed by atoms with Gasteiger partial charge in [-0.05, 0) is 32.6 Å². The van der Waals surface area contributed by atoms with Crippen LogP contribution in [0.1, 0.15) is 32.6 Å². The largest absolute Gasteiger partial charge is 0.393 e. The predicted molar refractivity (Wildman–Crippen MR) is 62.1 cm³/mol. The van der Waals surface area contributed by atoms with Crippen molar-refractivity contribution < 1.29 is 9.90 Å². The van der Waals surface area contributed by atoms with Gasteiger partial charge in [-0.2, -0.15) is 0 Å². The van der Waals surface area contributed by atoms with E-state index in [9.17, 15) is 9.90 Å². The number of amides is 1. The lowest BCUT2D eigenvalue weighted by atomic mass is 10.1. The Kier molecular flexibility index (Phi) is 3.82. The highest BCUT2D eigenvalue weighted by Gasteiger charge is 2.29. The van der Waals surface area contributed by atoms with Gasteiger partial charge in [0.05, 0.1) is 12.1 Å². The summed E-state index contributed by atoms with van der Waals surface area (Å²) in [5, 5.41) is 9.44. The van der Waals surface area contributed by atoms with Gasteiger partial charge in [0.15, 0.2) is 0 Å². The molecule has 4 nitrogen and oxygen atoms in total. The molecular formula is C12H22N2O2. The van der Waals surface area contributed by atoms with Crippen LogP contribution < -0.4 is 0 Å². The summed E-state index contributed by atoms with van der Waals surface area (Å²) in [5.41, 5.74) is 0. The Hall–Kier alpha value is -0.610. The molecule has 92 valence electrons. The van der Waals surface area contributed by atoms with Gasteiger partial charge in [0.1, 0.15) is 0 Å². The van der Waals surface area contributed by atoms with Crippen LogP contribution in [0.5, 0.6) is 0 Å². The summed E-state index contributed by atoms with van der Waals surface area (Å²) in [5.74, 6) is 0.272. The number of rotatable bonds is 2. The SMILES string of the molecule is CC(C(=O)N1CCCC1)N1CCC(O)CC1. The van der Waals surface area contributed by atoms with Crippen molar-refractivity contribution in [3.63, 3.8) is 0 Å². The first-order chi connectivity index (χ1) is 7.68. The van der Waals surface area contributed by atoms with E-state index in [4.69, 9.17) is 0 Å². The van der Waals surface area contributed by atoms with Crippen molar-refractivity contribution in [2.24, 2.45) is 0 Å². The zero-order valence-corrected chi connectivity index (χ0v) is 10.1. The van der Waals surface area contributed by atoms with Crippen LogP contribution in [0.25, 0.3) is 0 Å². The normalized spacial score (nSPS) is 26.0. The van der Waals surface area contributed by atoms with Crippen LogP contribution in [0.2, 0.25) is 0 Å². The molecule has 2 aliphatic heterocycles. The number of aliphatic hydroxyl groups excluding tert-OH is 1. The summed E-state index contributed by atoms with van der Waals surface area (Å²) in [6.07, 6.45) is 3.74. The van der Waals surface area contributed by atoms with Gasteiger partial charge in [0.25, 0.3) is 0 Å². The van der Waals surface area contributed by atoms with Gasteiger partial charge in [-0.1, -0.05) is 0 Å². The molecular weight excluding hydrogens is 204 g/mol. The molecule has 0 aromatic carbocycles. The second-order valence-corrected chi connectivity index (χ2v) is 4.98. The molecule has 1 unspecified atom stereocenters. The third-order valence-corrected chi connectivity index (χ3v) is 3.82. The Morgan fingerprint density at radius 1 is 1.19 bits per heavy atom. The predicted octanol–water partition coefficient (Wildman–Crippen LogP) is 0.454. The average molecular weight is 226 g/mol. The highest BCUT2D eigenvalue weighted by molar-refractivity contribution is 5.81. The number of hydrogen-bond donors (Lipinski definition) is 1. The van der Waals surface area contributed by atoms with Gasteiger partial charge in [0.2, 0.25) is 5.91 Å². The van der Waals surface area contributed by atoms with Gasteiger partial charge >= 0.3 is 0 Å². The van der Waals surface area contributed by atoms with Crippen LogP contribution in [0, 0.1) is 0 Å². The van der Waals surface area contributed by atoms with E-state index in [0.29, 0.717) is 0 Å². The Morgan fingerprint density at radius 3 is 2.31 bits per heavy atom. The molecule has 2 aliphatic rings. The van der Waals surface area contributed by atoms with Crippen LogP contribution in [-0.2, 0) is 4.79 Å². The molecule has 0 radical (unpaired) electrons. The van der Waals surface area contributed by atoms with Gasteiger partial charge in [-0.25, -0.2) is 0 Å². The summed E-state index contributed by atoms with van der Waals surface area (Å²) >= 11 is 0. The fourth-order valence-corrected chi connectivity index (χ4v) is 2.63. The molecule has 0 aromatic rings. The van der Waals surface area contributed by atoms with Crippen LogP contribution in [-0.4, -0.2) is 59.1 Å². The number of nitrogens with zero attached hydrogens (tertiary/aromatic N) is 2. The van der Waals surface area contributed by atoms with Gasteiger partial charge in [-0.15, -0.1) is 0 Å². The maximum absolute atomic E-state index is 12.1. The number of piperidine rings is 1. The first kappa shape index (κ1) is 11.9. The van der Waals surface area contributed by atoms with E-state index in [2.05, 4.69) is 4.90 Å². The zero-order valence-electron chi connectivity index (χ0n) is 10.1. The second kappa shape index (κ2) is 5.15. The van der Waals surface area contributed by atoms with E-state index in [-0.39, 0.29) is 18.1 Å². The second-order valence-electron chi connectivity index (χ2n) is 4.98. The summed E-state index contributed by atoms with van der Waals surface area (Å²) in [6, 6.07) is -0.00870. The standard InChI is InChI=1S/C12H22N2O2/c1-10(12(16)14-6-2-3-7-14)13-8-4-11(15)5-9-13/h10-11,15H,2-9H2,1H3. The van der Waals surface area contributed by atoms with Crippen LogP contribution in [0.4, 0.5) is 0 Å². The smallest absolute Gasteiger partial charge is 0.239 e. The highest BCUT2D eigenvalue weighted by Crippen LogP contribution is 2.16. The highest BCUT2D eigenvalue weighted by atomic mass is 16.3. The molecule has 0 aromatic heterocycles. The van der Waals surface area contributed by atoms with Gasteiger partial charge in [-0.3, -0.25) is 9.69 Å². The van der Waals surface area contributed by atoms with Gasteiger partial charge < -0.3 is 10.0 Å². The third-order valence-electron chi connectivity index (χ3n) is 3.82. The monoisotopic (exact) mass is 226 g/mol. The molecule has 4 heteroatoms. The van der Waals surface area contributed by atoms with Crippen molar-refractivity contribution in [1.82, 2.24) is 9.80 Å². The molecule has 2 saturated heterocycles. The van der Waals surface area contributed by atoms with Crippen molar-refractivity contribution in [2.45, 2.75) is 44.8 Å². The minimum Gasteiger partial charge on any atom is -0.393 e. The molecule has 1 N–H and O–H groups in total. The Morgan fingerprint density at radius 2 is 1.75 bits per heavy atom. The zero-order chi connectivity index (χ0) is 11.5. The number of carbonyl (C=O) groups is 1. The Balaban J connectivity index is 1.86. The Labute approximate surface area is 97.2 Å². The van der Waals surface area contributed by atoms with Crippen molar-refractivity contribution in [2.75, 3.05) is 26.2 Å². The fourth-order valence-electron chi connectivity index (χ4n) is 2.63. The number of hydrogen-bond acceptors (Lipinski definition) is 3. The van der Waals surface area contributed by atoms with Crippen LogP contribution in [0.3, 0.4) is 0 Å². The molecule has 0 spiro atoms. The minimum atomic E-state index is -0.162. The van der Waals surface area contributed by atoms with Crippen molar-refractivity contribution >= 4 is 5.91 Å². The van der Waals surface area contributed by atoms with Crippen molar-refractivity contribution in [3.05, 3.63) is 0 Å². The average Bonchev–Trinajstić information content (AvgIpc) is 2.81. The topological polar surface area (TPSA) is 43.8 Å². The molecule has 1 amide bonds. The molecule has 0 aliphatic carbocycles. The van der Waals surface area contributed by atoms with E-state index in [1.807, 2.05) is 11.8 Å². The maximum Gasteiger partial charge on any atom is 0.239 e. The fraction of sp³-hybridized carbons (Fsp3) is 0.917. The first-order valence-electron chi connectivity index (χ1n) is 6.39. The molecule has 2 rings (SSSR count). The summed E-state index contributed by atoms with van der Waals surface area (Å²) < 4.78 is 0. The lowest BCUT2D eigenvalue weighted by molar-refractivity contribution is -0.136. The van der Waals surface area contributed by atoms with E-state index >= 15 is 0 Å². The van der Waals surface area contributed by atoms with Crippen LogP contribution >= 0.6 is 0 Å². The molecule has 2 heterocycles. The quantitative estimate of drug-likeness (QED) is 0.743. The molecule has 0 saturated carbocycles. The molecule has 1 atom stereocenters. The lowest BCUT2D eigenvalue weighted by Gasteiger charge is -2.35. The van der Waals surface area contributed by atoms with E-state index in [1.165, 1.54) is 0 Å². The number of likely N-dealkylation sites (tertiary alicyclic amines) is 2. The Bertz CT molecular complexity index is 243. The van der Waals surface area contributed by atoms with Crippen LogP contribution in [0.15, 0.2) is 0 Å². The lowest BCUT2D eigenvalue weighted by Crippen LogP contribution is -2.49. The molecule has 2 fully saturated rings. The van der Waals surface area contributed by atoms with Crippen molar-refractivity contribution in [3.8, 4) is 0 Å². The molecule has 16 heavy (non-hydrogen) atoms. The minimum absolute atomic E-state index is 0.00870. The van der Waals surface area contributed by atoms with Gasteiger partial charge in [0, 0.05) is 26.2 Å². The van der Waals surface area contributed by atoms with E-state index in [1.54, 1.807) is 0 Å². The molecule has 0 bridgehead atoms. The van der Waals surface area contributed by atoms with Crippen molar-refractivity contribution in [1.29, 1.82) is 0 Å². The van der Waals surface area contributed by atoms with E-state index in [0.717, 1.165) is 51.9 Å². The summed E-state index contributed by atoms with van der Waals surface area (Å²) in [6.45, 7) is 5.56. The van der Waals surface area contributed by atoms with E-state index < -0.39 is 0 Å². The third kappa shape index (κ3) is 2.55. The maximum atomic E-state index is 12.1. The summed E-state index contributed by atoms with van der Waals surface area (Å²) in [4.78, 5) is 16.3. The number of carbonyl (C=O) groups excluding carboxylic acids is 1.